The fourth-order valence-electron chi connectivity index (χ4n) is 15.8. The molecule has 0 spiro atoms. The van der Waals surface area contributed by atoms with Crippen LogP contribution in [0.4, 0.5) is 34.1 Å². The molecular formula is C86H58N2O3. The minimum Gasteiger partial charge on any atom is -0.456 e. The van der Waals surface area contributed by atoms with Crippen molar-refractivity contribution in [3.63, 3.8) is 0 Å². The molecule has 430 valence electrons. The Morgan fingerprint density at radius 3 is 1.13 bits per heavy atom. The SMILES string of the molecule is CC1(C)c2ccccc2-c2ccc(N(c3ccc(-c4cccc5ccccc45)cc3)c3ccc4c(c3)oc3ccc5c(oc6ccc7oc8cc(N(c9ccc(-c%10cccc%11ccccc%10%11)cc9)c9ccc%10c(c9)C(C)(C)c9ccccc9-%10)ccc8c7c65)c34)cc21. The first-order valence-electron chi connectivity index (χ1n) is 31.5. The van der Waals surface area contributed by atoms with Gasteiger partial charge in [-0.2, -0.15) is 0 Å². The molecule has 0 saturated heterocycles. The summed E-state index contributed by atoms with van der Waals surface area (Å²) in [6.07, 6.45) is 0. The van der Waals surface area contributed by atoms with Gasteiger partial charge in [-0.25, -0.2) is 0 Å². The van der Waals surface area contributed by atoms with E-state index in [2.05, 4.69) is 317 Å². The number of hydrogen-bond acceptors (Lipinski definition) is 5. The Bertz CT molecular complexity index is 5900. The van der Waals surface area contributed by atoms with Crippen LogP contribution in [0.15, 0.2) is 292 Å². The Hall–Kier alpha value is -11.4. The maximum absolute atomic E-state index is 7.04. The van der Waals surface area contributed by atoms with Crippen molar-refractivity contribution in [3.05, 3.63) is 301 Å². The Kier molecular flexibility index (Phi) is 10.8. The molecule has 2 aliphatic carbocycles. The molecule has 19 rings (SSSR count). The number of anilines is 6. The number of furan rings is 3. The van der Waals surface area contributed by atoms with Crippen molar-refractivity contribution in [2.45, 2.75) is 38.5 Å². The molecule has 0 amide bonds. The van der Waals surface area contributed by atoms with E-state index >= 15 is 0 Å². The van der Waals surface area contributed by atoms with Crippen LogP contribution in [0, 0.1) is 0 Å². The molecule has 0 bridgehead atoms. The Morgan fingerprint density at radius 2 is 0.604 bits per heavy atom. The third kappa shape index (κ3) is 7.58. The summed E-state index contributed by atoms with van der Waals surface area (Å²) in [5, 5.41) is 10.9. The number of nitrogens with zero attached hydrogens (tertiary/aromatic N) is 2. The van der Waals surface area contributed by atoms with Crippen LogP contribution in [-0.2, 0) is 10.8 Å². The van der Waals surface area contributed by atoms with E-state index in [-0.39, 0.29) is 10.8 Å². The fraction of sp³-hybridized carbons (Fsp3) is 0.0698. The van der Waals surface area contributed by atoms with E-state index in [0.29, 0.717) is 0 Å². The molecule has 0 unspecified atom stereocenters. The van der Waals surface area contributed by atoms with Crippen molar-refractivity contribution < 1.29 is 13.3 Å². The zero-order valence-electron chi connectivity index (χ0n) is 50.7. The summed E-state index contributed by atoms with van der Waals surface area (Å²) in [6, 6.07) is 102. The Labute approximate surface area is 525 Å². The summed E-state index contributed by atoms with van der Waals surface area (Å²) in [7, 11) is 0. The second-order valence-corrected chi connectivity index (χ2v) is 25.9. The zero-order valence-corrected chi connectivity index (χ0v) is 50.7. The lowest BCUT2D eigenvalue weighted by atomic mass is 9.82. The van der Waals surface area contributed by atoms with Gasteiger partial charge in [-0.1, -0.05) is 198 Å². The van der Waals surface area contributed by atoms with Crippen LogP contribution in [0.25, 0.3) is 132 Å². The molecule has 0 N–H and O–H groups in total. The molecule has 5 nitrogen and oxygen atoms in total. The summed E-state index contributed by atoms with van der Waals surface area (Å²) >= 11 is 0. The van der Waals surface area contributed by atoms with E-state index in [0.717, 1.165) is 99.9 Å². The quantitative estimate of drug-likeness (QED) is 0.152. The molecule has 14 aromatic carbocycles. The Morgan fingerprint density at radius 1 is 0.242 bits per heavy atom. The van der Waals surface area contributed by atoms with E-state index in [1.165, 1.54) is 88.3 Å². The van der Waals surface area contributed by atoms with Crippen LogP contribution in [0.1, 0.15) is 49.9 Å². The van der Waals surface area contributed by atoms with Gasteiger partial charge in [0.2, 0.25) is 0 Å². The minimum atomic E-state index is -0.173. The molecule has 3 heterocycles. The van der Waals surface area contributed by atoms with Crippen molar-refractivity contribution >= 4 is 121 Å². The summed E-state index contributed by atoms with van der Waals surface area (Å²) in [6.45, 7) is 9.38. The zero-order chi connectivity index (χ0) is 60.4. The largest absolute Gasteiger partial charge is 0.456 e. The van der Waals surface area contributed by atoms with Crippen LogP contribution in [0.3, 0.4) is 0 Å². The second-order valence-electron chi connectivity index (χ2n) is 25.9. The molecule has 0 saturated carbocycles. The summed E-state index contributed by atoms with van der Waals surface area (Å²) in [5.41, 5.74) is 25.9. The van der Waals surface area contributed by atoms with Gasteiger partial charge < -0.3 is 23.1 Å². The lowest BCUT2D eigenvalue weighted by molar-refractivity contribution is 0.660. The van der Waals surface area contributed by atoms with Crippen molar-refractivity contribution in [2.75, 3.05) is 9.80 Å². The molecule has 91 heavy (non-hydrogen) atoms. The lowest BCUT2D eigenvalue weighted by Crippen LogP contribution is -2.16. The van der Waals surface area contributed by atoms with Gasteiger partial charge in [0.25, 0.3) is 0 Å². The maximum Gasteiger partial charge on any atom is 0.147 e. The smallest absolute Gasteiger partial charge is 0.147 e. The van der Waals surface area contributed by atoms with Crippen LogP contribution in [-0.4, -0.2) is 0 Å². The van der Waals surface area contributed by atoms with Gasteiger partial charge in [0.1, 0.15) is 33.5 Å². The number of benzene rings is 14. The third-order valence-electron chi connectivity index (χ3n) is 20.3. The molecule has 0 aliphatic heterocycles. The van der Waals surface area contributed by atoms with Gasteiger partial charge in [-0.3, -0.25) is 0 Å². The van der Waals surface area contributed by atoms with E-state index < -0.39 is 0 Å². The first kappa shape index (κ1) is 51.6. The molecule has 5 heteroatoms. The van der Waals surface area contributed by atoms with Crippen molar-refractivity contribution in [1.82, 2.24) is 0 Å². The topological polar surface area (TPSA) is 45.9 Å². The van der Waals surface area contributed by atoms with E-state index in [9.17, 15) is 0 Å². The average Bonchev–Trinajstić information content (AvgIpc) is 1.59. The van der Waals surface area contributed by atoms with E-state index in [1.807, 2.05) is 0 Å². The first-order valence-corrected chi connectivity index (χ1v) is 31.5. The monoisotopic (exact) mass is 1170 g/mol. The molecule has 0 radical (unpaired) electrons. The standard InChI is InChI=1S/C86H58N2O3/c1-85(2)72-25-11-9-21-65(72)67-39-35-57(47-74(67)85)87(55-31-27-53(28-32-55)63-23-13-17-51-15-5-7-19-61(51)63)59-37-41-69-79(49-59)89-76-45-46-77-82(81(69)76)71-43-44-78-83(84(71)91-77)70-42-38-60(50-80(70)90-78)88(58-36-40-68-66-22-10-12-26-73(66)86(3,4)75(68)48-58)56-33-29-54(30-34-56)64-24-14-18-52-16-6-8-20-62(52)64/h5-50H,1-4H3. The molecule has 0 fully saturated rings. The molecular weight excluding hydrogens is 1110 g/mol. The van der Waals surface area contributed by atoms with Crippen LogP contribution < -0.4 is 9.80 Å². The molecule has 0 atom stereocenters. The Balaban J connectivity index is 0.729. The van der Waals surface area contributed by atoms with Crippen molar-refractivity contribution in [3.8, 4) is 44.5 Å². The van der Waals surface area contributed by atoms with E-state index in [4.69, 9.17) is 13.3 Å². The second kappa shape index (κ2) is 19.1. The fourth-order valence-corrected chi connectivity index (χ4v) is 15.8. The molecule has 17 aromatic rings. The van der Waals surface area contributed by atoms with Crippen LogP contribution in [0.5, 0.6) is 0 Å². The van der Waals surface area contributed by atoms with Gasteiger partial charge in [0.05, 0.1) is 5.39 Å². The maximum atomic E-state index is 7.04. The summed E-state index contributed by atoms with van der Waals surface area (Å²) in [5.74, 6) is 0. The van der Waals surface area contributed by atoms with Gasteiger partial charge in [0.15, 0.2) is 0 Å². The number of rotatable bonds is 8. The normalized spacial score (nSPS) is 13.7. The predicted molar refractivity (Wildman–Crippen MR) is 379 cm³/mol. The van der Waals surface area contributed by atoms with Crippen LogP contribution >= 0.6 is 0 Å². The van der Waals surface area contributed by atoms with Gasteiger partial charge in [-0.05, 0) is 185 Å². The van der Waals surface area contributed by atoms with E-state index in [1.54, 1.807) is 0 Å². The molecule has 3 aromatic heterocycles. The highest BCUT2D eigenvalue weighted by atomic mass is 16.3. The van der Waals surface area contributed by atoms with Crippen molar-refractivity contribution in [2.24, 2.45) is 0 Å². The third-order valence-corrected chi connectivity index (χ3v) is 20.3. The summed E-state index contributed by atoms with van der Waals surface area (Å²) < 4.78 is 20.9. The lowest BCUT2D eigenvalue weighted by Gasteiger charge is -2.28. The average molecular weight is 1170 g/mol. The highest BCUT2D eigenvalue weighted by Crippen LogP contribution is 2.54. The highest BCUT2D eigenvalue weighted by molar-refractivity contribution is 6.30. The minimum absolute atomic E-state index is 0.172. The van der Waals surface area contributed by atoms with Gasteiger partial charge in [0, 0.05) is 84.0 Å². The van der Waals surface area contributed by atoms with Crippen LogP contribution in [0.2, 0.25) is 0 Å². The van der Waals surface area contributed by atoms with Gasteiger partial charge >= 0.3 is 0 Å². The summed E-state index contributed by atoms with van der Waals surface area (Å²) in [4.78, 5) is 4.75. The molecule has 2 aliphatic rings. The number of fused-ring (bicyclic) bond motifs is 19. The first-order chi connectivity index (χ1) is 44.6. The predicted octanol–water partition coefficient (Wildman–Crippen LogP) is 24.6. The van der Waals surface area contributed by atoms with Crippen molar-refractivity contribution in [1.29, 1.82) is 0 Å². The highest BCUT2D eigenvalue weighted by Gasteiger charge is 2.38. The number of hydrogen-bond donors (Lipinski definition) is 0. The van der Waals surface area contributed by atoms with Gasteiger partial charge in [-0.15, -0.1) is 0 Å².